The number of pyridine rings is 1. The van der Waals surface area contributed by atoms with Crippen molar-refractivity contribution < 1.29 is 13.2 Å². The molecule has 9 heteroatoms. The first-order valence-corrected chi connectivity index (χ1v) is 15.0. The molecule has 5 aromatic rings. The highest BCUT2D eigenvalue weighted by Crippen LogP contribution is 2.34. The van der Waals surface area contributed by atoms with Crippen molar-refractivity contribution in [2.75, 3.05) is 15.7 Å². The van der Waals surface area contributed by atoms with Gasteiger partial charge in [-0.3, -0.25) is 19.0 Å². The molecule has 2 aromatic heterocycles. The van der Waals surface area contributed by atoms with E-state index in [1.807, 2.05) is 67.6 Å². The first-order chi connectivity index (χ1) is 18.9. The second-order valence-electron chi connectivity index (χ2n) is 9.46. The Morgan fingerprint density at radius 2 is 1.77 bits per heavy atom. The van der Waals surface area contributed by atoms with Crippen LogP contribution in [0.1, 0.15) is 33.6 Å². The Bertz CT molecular complexity index is 1770. The number of fused-ring (bicyclic) bond motifs is 2. The van der Waals surface area contributed by atoms with Crippen molar-refractivity contribution in [1.29, 1.82) is 0 Å². The van der Waals surface area contributed by atoms with Crippen molar-refractivity contribution in [3.63, 3.8) is 0 Å². The van der Waals surface area contributed by atoms with E-state index in [2.05, 4.69) is 4.98 Å². The van der Waals surface area contributed by atoms with Crippen LogP contribution in [0.4, 0.5) is 10.8 Å². The minimum absolute atomic E-state index is 0.155. The molecule has 7 nitrogen and oxygen atoms in total. The van der Waals surface area contributed by atoms with E-state index in [0.717, 1.165) is 45.6 Å². The van der Waals surface area contributed by atoms with E-state index < -0.39 is 10.0 Å². The van der Waals surface area contributed by atoms with E-state index in [-0.39, 0.29) is 17.3 Å². The fourth-order valence-electron chi connectivity index (χ4n) is 4.87. The molecule has 6 rings (SSSR count). The molecular weight excluding hydrogens is 528 g/mol. The fraction of sp³-hybridized carbons (Fsp3) is 0.167. The van der Waals surface area contributed by atoms with Gasteiger partial charge in [0.25, 0.3) is 15.9 Å². The third kappa shape index (κ3) is 4.79. The van der Waals surface area contributed by atoms with Crippen LogP contribution in [0, 0.1) is 6.92 Å². The molecule has 1 amide bonds. The lowest BCUT2D eigenvalue weighted by molar-refractivity contribution is 0.0984. The maximum atomic E-state index is 13.8. The summed E-state index contributed by atoms with van der Waals surface area (Å²) in [6.07, 6.45) is 3.31. The number of nitrogens with zero attached hydrogens (tertiary/aromatic N) is 4. The molecule has 0 fully saturated rings. The predicted molar refractivity (Wildman–Crippen MR) is 155 cm³/mol. The number of carbonyl (C=O) groups excluding carboxylic acids is 1. The number of hydrogen-bond donors (Lipinski definition) is 0. The molecule has 1 aliphatic rings. The summed E-state index contributed by atoms with van der Waals surface area (Å²) in [6.45, 7) is 2.66. The molecule has 0 atom stereocenters. The van der Waals surface area contributed by atoms with Crippen LogP contribution in [0.5, 0.6) is 0 Å². The summed E-state index contributed by atoms with van der Waals surface area (Å²) in [6, 6.07) is 25.3. The van der Waals surface area contributed by atoms with Gasteiger partial charge in [-0.2, -0.15) is 0 Å². The van der Waals surface area contributed by atoms with Gasteiger partial charge in [0.15, 0.2) is 5.13 Å². The zero-order chi connectivity index (χ0) is 27.0. The van der Waals surface area contributed by atoms with E-state index in [0.29, 0.717) is 17.2 Å². The van der Waals surface area contributed by atoms with Crippen LogP contribution in [-0.4, -0.2) is 30.8 Å². The SMILES string of the molecule is Cc1cccc2sc(N(Cc3ccccn3)C(=O)c3ccc(S(=O)(=O)N4CCCc5ccccc54)cc3)nc12. The maximum Gasteiger partial charge on any atom is 0.264 e. The molecule has 196 valence electrons. The first-order valence-electron chi connectivity index (χ1n) is 12.7. The molecule has 3 heterocycles. The maximum absolute atomic E-state index is 13.8. The molecule has 0 saturated heterocycles. The molecule has 0 unspecified atom stereocenters. The molecule has 0 aliphatic carbocycles. The highest BCUT2D eigenvalue weighted by atomic mass is 32.2. The normalized spacial score (nSPS) is 13.3. The number of sulfonamides is 1. The van der Waals surface area contributed by atoms with Gasteiger partial charge in [0, 0.05) is 18.3 Å². The number of rotatable bonds is 6. The van der Waals surface area contributed by atoms with Crippen molar-refractivity contribution in [3.05, 3.63) is 114 Å². The summed E-state index contributed by atoms with van der Waals surface area (Å²) < 4.78 is 29.6. The van der Waals surface area contributed by atoms with Gasteiger partial charge in [-0.1, -0.05) is 47.7 Å². The molecule has 0 saturated carbocycles. The second kappa shape index (κ2) is 10.2. The quantitative estimate of drug-likeness (QED) is 0.258. The number of para-hydroxylation sites is 2. The second-order valence-corrected chi connectivity index (χ2v) is 12.3. The Balaban J connectivity index is 1.33. The van der Waals surface area contributed by atoms with Crippen LogP contribution in [0.15, 0.2) is 96.0 Å². The summed E-state index contributed by atoms with van der Waals surface area (Å²) in [5, 5.41) is 0.566. The summed E-state index contributed by atoms with van der Waals surface area (Å²) in [7, 11) is -3.77. The van der Waals surface area contributed by atoms with Crippen molar-refractivity contribution in [3.8, 4) is 0 Å². The highest BCUT2D eigenvalue weighted by Gasteiger charge is 2.29. The zero-order valence-corrected chi connectivity index (χ0v) is 23.0. The zero-order valence-electron chi connectivity index (χ0n) is 21.3. The standard InChI is InChI=1S/C30H26N4O3S2/c1-21-8-6-13-27-28(21)32-30(38-27)33(20-24-11-4-5-18-31-24)29(35)23-14-16-25(17-15-23)39(36,37)34-19-7-10-22-9-2-3-12-26(22)34/h2-6,8-9,11-18H,7,10,19-20H2,1H3. The van der Waals surface area contributed by atoms with Crippen LogP contribution in [0.2, 0.25) is 0 Å². The van der Waals surface area contributed by atoms with E-state index in [9.17, 15) is 13.2 Å². The lowest BCUT2D eigenvalue weighted by Crippen LogP contribution is -2.35. The van der Waals surface area contributed by atoms with Crippen LogP contribution >= 0.6 is 11.3 Å². The van der Waals surface area contributed by atoms with Crippen molar-refractivity contribution >= 4 is 48.3 Å². The molecule has 0 bridgehead atoms. The number of benzene rings is 3. The first kappa shape index (κ1) is 25.2. The molecular formula is C30H26N4O3S2. The number of aryl methyl sites for hydroxylation is 2. The Morgan fingerprint density at radius 1 is 0.974 bits per heavy atom. The Labute approximate surface area is 231 Å². The van der Waals surface area contributed by atoms with Crippen LogP contribution in [-0.2, 0) is 23.0 Å². The predicted octanol–water partition coefficient (Wildman–Crippen LogP) is 5.99. The third-order valence-corrected chi connectivity index (χ3v) is 9.76. The lowest BCUT2D eigenvalue weighted by atomic mass is 10.0. The number of aromatic nitrogens is 2. The van der Waals surface area contributed by atoms with Crippen LogP contribution in [0.25, 0.3) is 10.2 Å². The molecule has 39 heavy (non-hydrogen) atoms. The van der Waals surface area contributed by atoms with Gasteiger partial charge in [-0.05, 0) is 79.4 Å². The van der Waals surface area contributed by atoms with Crippen molar-refractivity contribution in [2.24, 2.45) is 0 Å². The Kier molecular flexibility index (Phi) is 6.62. The van der Waals surface area contributed by atoms with E-state index >= 15 is 0 Å². The van der Waals surface area contributed by atoms with Gasteiger partial charge < -0.3 is 0 Å². The van der Waals surface area contributed by atoms with Crippen LogP contribution < -0.4 is 9.21 Å². The van der Waals surface area contributed by atoms with E-state index in [1.165, 1.54) is 27.8 Å². The summed E-state index contributed by atoms with van der Waals surface area (Å²) in [4.78, 5) is 24.8. The number of amides is 1. The Morgan fingerprint density at radius 3 is 2.54 bits per heavy atom. The smallest absolute Gasteiger partial charge is 0.264 e. The molecule has 1 aliphatic heterocycles. The lowest BCUT2D eigenvalue weighted by Gasteiger charge is -2.30. The minimum atomic E-state index is -3.77. The topological polar surface area (TPSA) is 83.5 Å². The number of thiazole rings is 1. The van der Waals surface area contributed by atoms with Crippen molar-refractivity contribution in [1.82, 2.24) is 9.97 Å². The van der Waals surface area contributed by atoms with Gasteiger partial charge in [-0.15, -0.1) is 0 Å². The molecule has 3 aromatic carbocycles. The summed E-state index contributed by atoms with van der Waals surface area (Å²) >= 11 is 1.45. The largest absolute Gasteiger partial charge is 0.278 e. The van der Waals surface area contributed by atoms with Crippen LogP contribution in [0.3, 0.4) is 0 Å². The molecule has 0 radical (unpaired) electrons. The summed E-state index contributed by atoms with van der Waals surface area (Å²) in [5.41, 5.74) is 4.74. The van der Waals surface area contributed by atoms with Crippen molar-refractivity contribution in [2.45, 2.75) is 31.2 Å². The molecule has 0 N–H and O–H groups in total. The number of carbonyl (C=O) groups is 1. The summed E-state index contributed by atoms with van der Waals surface area (Å²) in [5.74, 6) is -0.273. The van der Waals surface area contributed by atoms with Gasteiger partial charge in [0.1, 0.15) is 0 Å². The minimum Gasteiger partial charge on any atom is -0.278 e. The average molecular weight is 555 g/mol. The monoisotopic (exact) mass is 554 g/mol. The number of hydrogen-bond acceptors (Lipinski definition) is 6. The third-order valence-electron chi connectivity index (χ3n) is 6.89. The van der Waals surface area contributed by atoms with E-state index in [1.54, 1.807) is 23.2 Å². The van der Waals surface area contributed by atoms with Gasteiger partial charge in [0.05, 0.1) is 33.0 Å². The van der Waals surface area contributed by atoms with Gasteiger partial charge in [-0.25, -0.2) is 13.4 Å². The highest BCUT2D eigenvalue weighted by molar-refractivity contribution is 7.92. The van der Waals surface area contributed by atoms with Gasteiger partial charge >= 0.3 is 0 Å². The Hall–Kier alpha value is -4.08. The average Bonchev–Trinajstić information content (AvgIpc) is 3.41. The number of anilines is 2. The molecule has 0 spiro atoms. The van der Waals surface area contributed by atoms with Gasteiger partial charge in [0.2, 0.25) is 0 Å². The van der Waals surface area contributed by atoms with E-state index in [4.69, 9.17) is 4.98 Å². The fourth-order valence-corrected chi connectivity index (χ4v) is 7.45.